The summed E-state index contributed by atoms with van der Waals surface area (Å²) in [5.74, 6) is 0.922. The van der Waals surface area contributed by atoms with Crippen molar-refractivity contribution in [2.45, 2.75) is 18.2 Å². The van der Waals surface area contributed by atoms with Gasteiger partial charge in [0.1, 0.15) is 0 Å². The maximum atomic E-state index is 3.69. The van der Waals surface area contributed by atoms with Gasteiger partial charge in [-0.3, -0.25) is 0 Å². The van der Waals surface area contributed by atoms with Gasteiger partial charge in [0.15, 0.2) is 0 Å². The van der Waals surface area contributed by atoms with Crippen molar-refractivity contribution in [1.29, 1.82) is 0 Å². The molecule has 2 rings (SSSR count). The maximum absolute atomic E-state index is 3.69. The monoisotopic (exact) mass is 189 g/mol. The van der Waals surface area contributed by atoms with Crippen LogP contribution in [0.5, 0.6) is 0 Å². The van der Waals surface area contributed by atoms with Crippen LogP contribution in [-0.2, 0) is 0 Å². The minimum atomic E-state index is 0.658. The van der Waals surface area contributed by atoms with Gasteiger partial charge in [0.25, 0.3) is 0 Å². The van der Waals surface area contributed by atoms with Crippen LogP contribution in [0.4, 0.5) is 0 Å². The third-order valence-electron chi connectivity index (χ3n) is 2.93. The quantitative estimate of drug-likeness (QED) is 0.569. The number of hydrogen-bond acceptors (Lipinski definition) is 1. The zero-order valence-corrected chi connectivity index (χ0v) is 7.24. The molecular formula is C7H12BrN. The molecule has 1 heterocycles. The fourth-order valence-corrected chi connectivity index (χ4v) is 3.08. The Hall–Kier alpha value is 0.440. The summed E-state index contributed by atoms with van der Waals surface area (Å²) in [6, 6.07) is 0. The number of fused-ring (bicyclic) bond motifs is 1. The van der Waals surface area contributed by atoms with Crippen molar-refractivity contribution in [3.8, 4) is 0 Å². The first-order chi connectivity index (χ1) is 4.25. The number of nitrogens with one attached hydrogen (secondary N) is 1. The number of halogens is 1. The van der Waals surface area contributed by atoms with Gasteiger partial charge in [-0.1, -0.05) is 22.9 Å². The van der Waals surface area contributed by atoms with Gasteiger partial charge >= 0.3 is 0 Å². The van der Waals surface area contributed by atoms with Crippen LogP contribution < -0.4 is 5.32 Å². The maximum Gasteiger partial charge on any atom is 0.0249 e. The van der Waals surface area contributed by atoms with E-state index >= 15 is 0 Å². The summed E-state index contributed by atoms with van der Waals surface area (Å²) in [6.07, 6.45) is 1.35. The van der Waals surface area contributed by atoms with E-state index in [-0.39, 0.29) is 0 Å². The van der Waals surface area contributed by atoms with E-state index in [4.69, 9.17) is 0 Å². The van der Waals surface area contributed by atoms with Crippen molar-refractivity contribution in [2.75, 3.05) is 13.1 Å². The summed E-state index contributed by atoms with van der Waals surface area (Å²) in [6.45, 7) is 4.83. The SMILES string of the molecule is C[C@]12CCNC[C@@H]1[C@H]2Br. The molecule has 2 heteroatoms. The highest BCUT2D eigenvalue weighted by Gasteiger charge is 2.60. The summed E-state index contributed by atoms with van der Waals surface area (Å²) in [5.41, 5.74) is 0.658. The molecule has 1 N–H and O–H groups in total. The lowest BCUT2D eigenvalue weighted by molar-refractivity contribution is 0.383. The number of alkyl halides is 1. The largest absolute Gasteiger partial charge is 0.316 e. The summed E-state index contributed by atoms with van der Waals surface area (Å²) in [4.78, 5) is 0.806. The average Bonchev–Trinajstić information content (AvgIpc) is 2.38. The number of rotatable bonds is 0. The Balaban J connectivity index is 2.10. The first-order valence-corrected chi connectivity index (χ1v) is 4.51. The standard InChI is InChI=1S/C7H12BrN/c1-7-2-3-9-4-5(7)6(7)8/h5-6,9H,2-4H2,1H3/t5-,6-,7+/m1/s1. The van der Waals surface area contributed by atoms with Crippen LogP contribution in [0.2, 0.25) is 0 Å². The van der Waals surface area contributed by atoms with E-state index < -0.39 is 0 Å². The van der Waals surface area contributed by atoms with Crippen molar-refractivity contribution in [1.82, 2.24) is 5.32 Å². The minimum Gasteiger partial charge on any atom is -0.316 e. The molecule has 0 amide bonds. The number of hydrogen-bond donors (Lipinski definition) is 1. The molecule has 1 saturated heterocycles. The molecule has 0 aromatic rings. The van der Waals surface area contributed by atoms with E-state index in [9.17, 15) is 0 Å². The second-order valence-electron chi connectivity index (χ2n) is 3.47. The van der Waals surface area contributed by atoms with Crippen molar-refractivity contribution >= 4 is 15.9 Å². The van der Waals surface area contributed by atoms with Gasteiger partial charge in [-0.2, -0.15) is 0 Å². The summed E-state index contributed by atoms with van der Waals surface area (Å²) < 4.78 is 0. The van der Waals surface area contributed by atoms with Gasteiger partial charge in [-0.15, -0.1) is 0 Å². The highest BCUT2D eigenvalue weighted by atomic mass is 79.9. The molecule has 0 spiro atoms. The summed E-state index contributed by atoms with van der Waals surface area (Å²) in [5, 5.41) is 3.40. The Morgan fingerprint density at radius 3 is 2.89 bits per heavy atom. The smallest absolute Gasteiger partial charge is 0.0249 e. The Labute approximate surface area is 64.3 Å². The Morgan fingerprint density at radius 1 is 1.67 bits per heavy atom. The molecule has 52 valence electrons. The van der Waals surface area contributed by atoms with E-state index in [1.54, 1.807) is 0 Å². The predicted molar refractivity (Wildman–Crippen MR) is 41.8 cm³/mol. The molecule has 0 radical (unpaired) electrons. The molecule has 1 saturated carbocycles. The molecule has 2 fully saturated rings. The second-order valence-corrected chi connectivity index (χ2v) is 4.45. The van der Waals surface area contributed by atoms with Gasteiger partial charge in [0.2, 0.25) is 0 Å². The van der Waals surface area contributed by atoms with E-state index in [1.165, 1.54) is 19.5 Å². The number of piperidine rings is 1. The lowest BCUT2D eigenvalue weighted by Gasteiger charge is -2.16. The van der Waals surface area contributed by atoms with Crippen LogP contribution in [0, 0.1) is 11.3 Å². The van der Waals surface area contributed by atoms with Gasteiger partial charge < -0.3 is 5.32 Å². The van der Waals surface area contributed by atoms with Crippen molar-refractivity contribution in [3.05, 3.63) is 0 Å². The third-order valence-corrected chi connectivity index (χ3v) is 4.61. The van der Waals surface area contributed by atoms with Crippen LogP contribution in [-0.4, -0.2) is 17.9 Å². The molecule has 3 atom stereocenters. The normalized spacial score (nSPS) is 56.7. The van der Waals surface area contributed by atoms with Crippen LogP contribution in [0.25, 0.3) is 0 Å². The predicted octanol–water partition coefficient (Wildman–Crippen LogP) is 1.38. The molecule has 1 nitrogen and oxygen atoms in total. The van der Waals surface area contributed by atoms with Crippen LogP contribution in [0.3, 0.4) is 0 Å². The fraction of sp³-hybridized carbons (Fsp3) is 1.00. The summed E-state index contributed by atoms with van der Waals surface area (Å²) >= 11 is 3.69. The van der Waals surface area contributed by atoms with Crippen molar-refractivity contribution < 1.29 is 0 Å². The second kappa shape index (κ2) is 1.73. The highest BCUT2D eigenvalue weighted by Crippen LogP contribution is 2.60. The van der Waals surface area contributed by atoms with Crippen LogP contribution in [0.15, 0.2) is 0 Å². The van der Waals surface area contributed by atoms with Crippen molar-refractivity contribution in [3.63, 3.8) is 0 Å². The van der Waals surface area contributed by atoms with E-state index in [0.29, 0.717) is 5.41 Å². The minimum absolute atomic E-state index is 0.658. The van der Waals surface area contributed by atoms with Gasteiger partial charge in [0, 0.05) is 4.83 Å². The first-order valence-electron chi connectivity index (χ1n) is 3.60. The molecular weight excluding hydrogens is 178 g/mol. The molecule has 1 aliphatic heterocycles. The highest BCUT2D eigenvalue weighted by molar-refractivity contribution is 9.09. The van der Waals surface area contributed by atoms with E-state index in [2.05, 4.69) is 28.2 Å². The topological polar surface area (TPSA) is 12.0 Å². The molecule has 0 bridgehead atoms. The van der Waals surface area contributed by atoms with Gasteiger partial charge in [-0.05, 0) is 30.8 Å². The average molecular weight is 190 g/mol. The first kappa shape index (κ1) is 6.17. The molecule has 9 heavy (non-hydrogen) atoms. The molecule has 1 aliphatic carbocycles. The lowest BCUT2D eigenvalue weighted by Crippen LogP contribution is -2.27. The lowest BCUT2D eigenvalue weighted by atomic mass is 9.99. The molecule has 0 aromatic carbocycles. The third kappa shape index (κ3) is 0.695. The molecule has 2 aliphatic rings. The zero-order chi connectivity index (χ0) is 6.48. The van der Waals surface area contributed by atoms with E-state index in [0.717, 1.165) is 10.7 Å². The Morgan fingerprint density at radius 2 is 2.44 bits per heavy atom. The Kier molecular flexibility index (Phi) is 1.18. The van der Waals surface area contributed by atoms with E-state index in [1.807, 2.05) is 0 Å². The Bertz CT molecular complexity index is 137. The van der Waals surface area contributed by atoms with Crippen LogP contribution >= 0.6 is 15.9 Å². The fourth-order valence-electron chi connectivity index (χ4n) is 1.88. The zero-order valence-electron chi connectivity index (χ0n) is 5.65. The van der Waals surface area contributed by atoms with Gasteiger partial charge in [0.05, 0.1) is 0 Å². The van der Waals surface area contributed by atoms with Crippen molar-refractivity contribution in [2.24, 2.45) is 11.3 Å². The molecule has 0 aromatic heterocycles. The summed E-state index contributed by atoms with van der Waals surface area (Å²) in [7, 11) is 0. The van der Waals surface area contributed by atoms with Gasteiger partial charge in [-0.25, -0.2) is 0 Å². The van der Waals surface area contributed by atoms with Crippen LogP contribution in [0.1, 0.15) is 13.3 Å². The molecule has 0 unspecified atom stereocenters.